The van der Waals surface area contributed by atoms with Gasteiger partial charge in [-0.2, -0.15) is 5.10 Å². The lowest BCUT2D eigenvalue weighted by Gasteiger charge is -2.19. The van der Waals surface area contributed by atoms with Gasteiger partial charge >= 0.3 is 6.09 Å². The Morgan fingerprint density at radius 3 is 2.55 bits per heavy atom. The van der Waals surface area contributed by atoms with Crippen LogP contribution in [0, 0.1) is 0 Å². The highest BCUT2D eigenvalue weighted by Crippen LogP contribution is 2.35. The molecular weight excluding hydrogens is 516 g/mol. The quantitative estimate of drug-likeness (QED) is 0.296. The van der Waals surface area contributed by atoms with E-state index in [0.29, 0.717) is 52.7 Å². The zero-order chi connectivity index (χ0) is 28.7. The Morgan fingerprint density at radius 1 is 1.02 bits per heavy atom. The van der Waals surface area contributed by atoms with Crippen molar-refractivity contribution in [3.63, 3.8) is 0 Å². The number of anilines is 1. The van der Waals surface area contributed by atoms with Crippen LogP contribution in [0.25, 0.3) is 10.9 Å². The van der Waals surface area contributed by atoms with Crippen LogP contribution in [0.5, 0.6) is 23.1 Å². The van der Waals surface area contributed by atoms with E-state index >= 15 is 0 Å². The molecule has 0 aliphatic heterocycles. The molecule has 0 radical (unpaired) electrons. The average molecular weight is 549 g/mol. The fourth-order valence-electron chi connectivity index (χ4n) is 3.81. The van der Waals surface area contributed by atoms with Crippen LogP contribution in [0.2, 0.25) is 0 Å². The highest BCUT2D eigenvalue weighted by atomic mass is 16.6. The van der Waals surface area contributed by atoms with Crippen molar-refractivity contribution >= 4 is 28.6 Å². The number of nitrogens with zero attached hydrogens (tertiary/aromatic N) is 4. The molecule has 210 valence electrons. The van der Waals surface area contributed by atoms with E-state index in [1.807, 2.05) is 39.0 Å². The number of benzene rings is 2. The summed E-state index contributed by atoms with van der Waals surface area (Å²) in [7, 11) is 3.10. The van der Waals surface area contributed by atoms with Crippen LogP contribution >= 0.6 is 0 Å². The van der Waals surface area contributed by atoms with E-state index in [1.165, 1.54) is 17.2 Å². The Bertz CT molecular complexity index is 1500. The van der Waals surface area contributed by atoms with Crippen molar-refractivity contribution in [2.24, 2.45) is 0 Å². The molecule has 12 nitrogen and oxygen atoms in total. The summed E-state index contributed by atoms with van der Waals surface area (Å²) in [6.07, 6.45) is 4.61. The highest BCUT2D eigenvalue weighted by molar-refractivity contribution is 5.90. The maximum atomic E-state index is 12.7. The topological polar surface area (TPSA) is 139 Å². The summed E-state index contributed by atoms with van der Waals surface area (Å²) < 4.78 is 23.4. The summed E-state index contributed by atoms with van der Waals surface area (Å²) in [4.78, 5) is 33.0. The predicted octanol–water partition coefficient (Wildman–Crippen LogP) is 4.34. The van der Waals surface area contributed by atoms with E-state index in [9.17, 15) is 9.59 Å². The van der Waals surface area contributed by atoms with Gasteiger partial charge in [0.1, 0.15) is 18.5 Å². The lowest BCUT2D eigenvalue weighted by Crippen LogP contribution is -2.33. The van der Waals surface area contributed by atoms with Crippen molar-refractivity contribution in [2.75, 3.05) is 26.1 Å². The van der Waals surface area contributed by atoms with Crippen LogP contribution in [-0.4, -0.2) is 58.1 Å². The number of alkyl carbamates (subject to hydrolysis) is 1. The van der Waals surface area contributed by atoms with E-state index in [-0.39, 0.29) is 12.5 Å². The summed E-state index contributed by atoms with van der Waals surface area (Å²) in [5, 5.41) is 10.5. The SMILES string of the molecule is COc1cc2ncnc(Oc3cnn(CC(=O)Nc4cccc(CCNC(=O)OC(C)(C)C)c4)c3)c2cc1OC. The number of rotatable bonds is 10. The molecular formula is C28H32N6O6. The molecule has 2 heterocycles. The molecule has 0 aliphatic carbocycles. The first kappa shape index (κ1) is 28.1. The number of fused-ring (bicyclic) bond motifs is 1. The maximum Gasteiger partial charge on any atom is 0.407 e. The molecule has 40 heavy (non-hydrogen) atoms. The molecule has 0 atom stereocenters. The van der Waals surface area contributed by atoms with Gasteiger partial charge in [0.2, 0.25) is 11.8 Å². The minimum atomic E-state index is -0.553. The third-order valence-electron chi connectivity index (χ3n) is 5.53. The van der Waals surface area contributed by atoms with Crippen LogP contribution in [-0.2, 0) is 22.5 Å². The van der Waals surface area contributed by atoms with E-state index in [4.69, 9.17) is 18.9 Å². The van der Waals surface area contributed by atoms with Crippen molar-refractivity contribution < 1.29 is 28.5 Å². The summed E-state index contributed by atoms with van der Waals surface area (Å²) in [6.45, 7) is 5.81. The number of methoxy groups -OCH3 is 2. The Labute approximate surface area is 231 Å². The third-order valence-corrected chi connectivity index (χ3v) is 5.53. The molecule has 0 spiro atoms. The van der Waals surface area contributed by atoms with E-state index in [1.54, 1.807) is 38.6 Å². The largest absolute Gasteiger partial charge is 0.493 e. The van der Waals surface area contributed by atoms with Gasteiger partial charge in [0.15, 0.2) is 17.2 Å². The standard InChI is InChI=1S/C28H32N6O6/c1-28(2,3)40-27(36)29-10-9-18-7-6-8-19(11-18)33-25(35)16-34-15-20(14-32-34)39-26-21-12-23(37-4)24(38-5)13-22(21)30-17-31-26/h6-8,11-15,17H,9-10,16H2,1-5H3,(H,29,36)(H,33,35). The van der Waals surface area contributed by atoms with Gasteiger partial charge in [0, 0.05) is 18.3 Å². The van der Waals surface area contributed by atoms with Crippen LogP contribution < -0.4 is 24.8 Å². The summed E-state index contributed by atoms with van der Waals surface area (Å²) >= 11 is 0. The highest BCUT2D eigenvalue weighted by Gasteiger charge is 2.16. The van der Waals surface area contributed by atoms with Gasteiger partial charge in [-0.25, -0.2) is 14.8 Å². The molecule has 0 saturated carbocycles. The lowest BCUT2D eigenvalue weighted by molar-refractivity contribution is -0.116. The van der Waals surface area contributed by atoms with Crippen LogP contribution in [0.1, 0.15) is 26.3 Å². The molecule has 12 heteroatoms. The second-order valence-electron chi connectivity index (χ2n) is 9.81. The summed E-state index contributed by atoms with van der Waals surface area (Å²) in [6, 6.07) is 10.9. The van der Waals surface area contributed by atoms with Gasteiger partial charge in [-0.05, 0) is 51.0 Å². The number of aromatic nitrogens is 4. The number of nitrogens with one attached hydrogen (secondary N) is 2. The molecule has 4 aromatic rings. The second-order valence-corrected chi connectivity index (χ2v) is 9.81. The fraction of sp³-hybridized carbons (Fsp3) is 0.321. The molecule has 0 fully saturated rings. The van der Waals surface area contributed by atoms with Gasteiger partial charge < -0.3 is 29.6 Å². The van der Waals surface area contributed by atoms with Crippen molar-refractivity contribution in [1.29, 1.82) is 0 Å². The van der Waals surface area contributed by atoms with Gasteiger partial charge in [0.05, 0.1) is 37.5 Å². The molecule has 4 rings (SSSR count). The number of carbonyl (C=O) groups is 2. The Balaban J connectivity index is 1.34. The third kappa shape index (κ3) is 7.59. The monoisotopic (exact) mass is 548 g/mol. The minimum Gasteiger partial charge on any atom is -0.493 e. The molecule has 2 N–H and O–H groups in total. The van der Waals surface area contributed by atoms with E-state index < -0.39 is 11.7 Å². The van der Waals surface area contributed by atoms with Crippen molar-refractivity contribution in [3.8, 4) is 23.1 Å². The van der Waals surface area contributed by atoms with Crippen molar-refractivity contribution in [3.05, 3.63) is 60.7 Å². The lowest BCUT2D eigenvalue weighted by atomic mass is 10.1. The maximum absolute atomic E-state index is 12.7. The molecule has 2 amide bonds. The Morgan fingerprint density at radius 2 is 1.80 bits per heavy atom. The molecule has 0 aliphatic rings. The van der Waals surface area contributed by atoms with E-state index in [0.717, 1.165) is 5.56 Å². The predicted molar refractivity (Wildman–Crippen MR) is 148 cm³/mol. The van der Waals surface area contributed by atoms with Gasteiger partial charge in [0.25, 0.3) is 0 Å². The van der Waals surface area contributed by atoms with Crippen molar-refractivity contribution in [1.82, 2.24) is 25.1 Å². The second kappa shape index (κ2) is 12.3. The Hall–Kier alpha value is -4.87. The average Bonchev–Trinajstić information content (AvgIpc) is 3.33. The number of hydrogen-bond acceptors (Lipinski definition) is 9. The molecule has 0 bridgehead atoms. The van der Waals surface area contributed by atoms with Crippen molar-refractivity contribution in [2.45, 2.75) is 39.3 Å². The first-order valence-electron chi connectivity index (χ1n) is 12.6. The summed E-state index contributed by atoms with van der Waals surface area (Å²) in [5.41, 5.74) is 1.66. The number of amides is 2. The molecule has 2 aromatic carbocycles. The first-order chi connectivity index (χ1) is 19.1. The summed E-state index contributed by atoms with van der Waals surface area (Å²) in [5.74, 6) is 1.52. The zero-order valence-electron chi connectivity index (χ0n) is 23.1. The minimum absolute atomic E-state index is 0.0245. The zero-order valence-corrected chi connectivity index (χ0v) is 23.1. The van der Waals surface area contributed by atoms with Gasteiger partial charge in [-0.1, -0.05) is 12.1 Å². The number of hydrogen-bond donors (Lipinski definition) is 2. The van der Waals surface area contributed by atoms with Gasteiger partial charge in [-0.15, -0.1) is 0 Å². The number of ether oxygens (including phenoxy) is 4. The Kier molecular flexibility index (Phi) is 8.67. The van der Waals surface area contributed by atoms with Crippen LogP contribution in [0.4, 0.5) is 10.5 Å². The molecule has 2 aromatic heterocycles. The number of carbonyl (C=O) groups excluding carboxylic acids is 2. The molecule has 0 unspecified atom stereocenters. The van der Waals surface area contributed by atoms with Crippen LogP contribution in [0.15, 0.2) is 55.1 Å². The van der Waals surface area contributed by atoms with Crippen LogP contribution in [0.3, 0.4) is 0 Å². The first-order valence-corrected chi connectivity index (χ1v) is 12.6. The van der Waals surface area contributed by atoms with E-state index in [2.05, 4.69) is 25.7 Å². The fourth-order valence-corrected chi connectivity index (χ4v) is 3.81. The smallest absolute Gasteiger partial charge is 0.407 e. The normalized spacial score (nSPS) is 11.1. The van der Waals surface area contributed by atoms with Gasteiger partial charge in [-0.3, -0.25) is 9.48 Å². The molecule has 0 saturated heterocycles.